The fourth-order valence-electron chi connectivity index (χ4n) is 4.97. The molecular weight excluding hydrogens is 558 g/mol. The molecule has 6 rings (SSSR count). The average molecular weight is 585 g/mol. The fraction of sp³-hybridized carbons (Fsp3) is 0.250. The van der Waals surface area contributed by atoms with Crippen LogP contribution in [0, 0.1) is 17.0 Å². The Morgan fingerprint density at radius 1 is 0.953 bits per heavy atom. The predicted molar refractivity (Wildman–Crippen MR) is 151 cm³/mol. The van der Waals surface area contributed by atoms with Crippen molar-refractivity contribution < 1.29 is 32.4 Å². The molecule has 11 heteroatoms. The van der Waals surface area contributed by atoms with Crippen LogP contribution < -0.4 is 9.47 Å². The smallest absolute Gasteiger partial charge is 0.261 e. The lowest BCUT2D eigenvalue weighted by Gasteiger charge is -2.14. The van der Waals surface area contributed by atoms with Crippen molar-refractivity contribution in [2.24, 2.45) is 5.41 Å². The van der Waals surface area contributed by atoms with E-state index in [9.17, 15) is 14.0 Å². The molecule has 43 heavy (non-hydrogen) atoms. The number of aromatic nitrogens is 4. The summed E-state index contributed by atoms with van der Waals surface area (Å²) in [5, 5.41) is 4.48. The molecule has 5 aromatic rings. The SMILES string of the molecule is CCc1noc(-c2cc3c(Oc4ncc(CC(=O)C5(C(=O)Cc6ccc(F)cc6)CC5)cc4F)ccnc3cc2OC)n1. The molecule has 0 spiro atoms. The molecule has 0 bridgehead atoms. The van der Waals surface area contributed by atoms with Crippen LogP contribution in [0.3, 0.4) is 0 Å². The van der Waals surface area contributed by atoms with Crippen molar-refractivity contribution in [3.63, 3.8) is 0 Å². The van der Waals surface area contributed by atoms with Gasteiger partial charge in [-0.2, -0.15) is 4.98 Å². The Morgan fingerprint density at radius 2 is 1.70 bits per heavy atom. The van der Waals surface area contributed by atoms with E-state index in [1.54, 1.807) is 18.2 Å². The van der Waals surface area contributed by atoms with E-state index in [1.807, 2.05) is 6.92 Å². The molecule has 1 fully saturated rings. The van der Waals surface area contributed by atoms with Crippen LogP contribution in [-0.2, 0) is 28.9 Å². The van der Waals surface area contributed by atoms with E-state index in [-0.39, 0.29) is 41.9 Å². The average Bonchev–Trinajstić information content (AvgIpc) is 3.70. The maximum atomic E-state index is 15.2. The van der Waals surface area contributed by atoms with Gasteiger partial charge in [-0.1, -0.05) is 24.2 Å². The molecule has 1 aliphatic carbocycles. The molecule has 0 unspecified atom stereocenters. The number of aryl methyl sites for hydroxylation is 1. The van der Waals surface area contributed by atoms with Gasteiger partial charge < -0.3 is 14.0 Å². The second-order valence-corrected chi connectivity index (χ2v) is 10.4. The first-order chi connectivity index (χ1) is 20.8. The fourth-order valence-corrected chi connectivity index (χ4v) is 4.97. The van der Waals surface area contributed by atoms with E-state index in [2.05, 4.69) is 20.1 Å². The van der Waals surface area contributed by atoms with Crippen molar-refractivity contribution in [3.8, 4) is 28.8 Å². The van der Waals surface area contributed by atoms with Crippen molar-refractivity contribution in [1.82, 2.24) is 20.1 Å². The van der Waals surface area contributed by atoms with Crippen LogP contribution >= 0.6 is 0 Å². The number of hydrogen-bond donors (Lipinski definition) is 0. The van der Waals surface area contributed by atoms with Crippen LogP contribution in [0.1, 0.15) is 36.7 Å². The lowest BCUT2D eigenvalue weighted by atomic mass is 9.88. The Balaban J connectivity index is 1.21. The lowest BCUT2D eigenvalue weighted by Crippen LogP contribution is -2.29. The zero-order valence-electron chi connectivity index (χ0n) is 23.4. The summed E-state index contributed by atoms with van der Waals surface area (Å²) in [5.74, 6) is -0.423. The Labute approximate surface area is 244 Å². The van der Waals surface area contributed by atoms with Gasteiger partial charge in [0.2, 0.25) is 0 Å². The van der Waals surface area contributed by atoms with Crippen LogP contribution in [0.5, 0.6) is 17.4 Å². The zero-order valence-corrected chi connectivity index (χ0v) is 23.4. The molecule has 3 aromatic heterocycles. The van der Waals surface area contributed by atoms with Gasteiger partial charge in [0, 0.05) is 43.1 Å². The number of rotatable bonds is 11. The van der Waals surface area contributed by atoms with E-state index in [1.165, 1.54) is 49.8 Å². The summed E-state index contributed by atoms with van der Waals surface area (Å²) in [4.78, 5) is 39.0. The second kappa shape index (κ2) is 11.3. The van der Waals surface area contributed by atoms with Crippen molar-refractivity contribution in [2.75, 3.05) is 7.11 Å². The van der Waals surface area contributed by atoms with Crippen LogP contribution in [0.4, 0.5) is 8.78 Å². The first-order valence-corrected chi connectivity index (χ1v) is 13.7. The highest BCUT2D eigenvalue weighted by Crippen LogP contribution is 2.49. The molecule has 0 radical (unpaired) electrons. The molecule has 0 N–H and O–H groups in total. The molecule has 1 aliphatic rings. The van der Waals surface area contributed by atoms with E-state index >= 15 is 4.39 Å². The molecule has 218 valence electrons. The second-order valence-electron chi connectivity index (χ2n) is 10.4. The van der Waals surface area contributed by atoms with E-state index < -0.39 is 17.0 Å². The van der Waals surface area contributed by atoms with E-state index in [0.717, 1.165) is 0 Å². The number of hydrogen-bond acceptors (Lipinski definition) is 9. The number of ketones is 2. The van der Waals surface area contributed by atoms with Crippen LogP contribution in [0.25, 0.3) is 22.4 Å². The highest BCUT2D eigenvalue weighted by molar-refractivity contribution is 6.10. The third-order valence-corrected chi connectivity index (χ3v) is 7.57. The summed E-state index contributed by atoms with van der Waals surface area (Å²) in [7, 11) is 1.51. The minimum Gasteiger partial charge on any atom is -0.496 e. The summed E-state index contributed by atoms with van der Waals surface area (Å²) in [6, 6.07) is 11.8. The van der Waals surface area contributed by atoms with E-state index in [4.69, 9.17) is 14.0 Å². The number of pyridine rings is 2. The van der Waals surface area contributed by atoms with Gasteiger partial charge in [0.15, 0.2) is 23.2 Å². The predicted octanol–water partition coefficient (Wildman–Crippen LogP) is 6.02. The number of fused-ring (bicyclic) bond motifs is 1. The monoisotopic (exact) mass is 584 g/mol. The number of nitrogens with zero attached hydrogens (tertiary/aromatic N) is 4. The minimum atomic E-state index is -1.09. The summed E-state index contributed by atoms with van der Waals surface area (Å²) in [6.07, 6.45) is 4.23. The Hall–Kier alpha value is -5.06. The van der Waals surface area contributed by atoms with Crippen molar-refractivity contribution in [3.05, 3.63) is 89.5 Å². The van der Waals surface area contributed by atoms with Crippen molar-refractivity contribution in [1.29, 1.82) is 0 Å². The largest absolute Gasteiger partial charge is 0.496 e. The van der Waals surface area contributed by atoms with Gasteiger partial charge >= 0.3 is 0 Å². The molecule has 1 saturated carbocycles. The number of benzene rings is 2. The number of methoxy groups -OCH3 is 1. The molecule has 2 aromatic carbocycles. The first kappa shape index (κ1) is 28.1. The van der Waals surface area contributed by atoms with Crippen molar-refractivity contribution in [2.45, 2.75) is 39.0 Å². The number of carbonyl (C=O) groups is 2. The number of halogens is 2. The number of carbonyl (C=O) groups excluding carboxylic acids is 2. The lowest BCUT2D eigenvalue weighted by molar-refractivity contribution is -0.133. The molecule has 0 atom stereocenters. The summed E-state index contributed by atoms with van der Waals surface area (Å²) in [6.45, 7) is 1.91. The van der Waals surface area contributed by atoms with E-state index in [0.29, 0.717) is 58.4 Å². The van der Waals surface area contributed by atoms with Gasteiger partial charge in [0.25, 0.3) is 11.8 Å². The molecule has 0 amide bonds. The van der Waals surface area contributed by atoms with Gasteiger partial charge in [-0.25, -0.2) is 13.8 Å². The molecule has 0 aliphatic heterocycles. The van der Waals surface area contributed by atoms with Gasteiger partial charge in [-0.05, 0) is 54.3 Å². The van der Waals surface area contributed by atoms with Gasteiger partial charge in [-0.15, -0.1) is 0 Å². The third-order valence-electron chi connectivity index (χ3n) is 7.57. The van der Waals surface area contributed by atoms with Crippen LogP contribution in [0.15, 0.2) is 65.4 Å². The Bertz CT molecular complexity index is 1850. The summed E-state index contributed by atoms with van der Waals surface area (Å²) < 4.78 is 45.2. The summed E-state index contributed by atoms with van der Waals surface area (Å²) in [5.41, 5.74) is 0.911. The van der Waals surface area contributed by atoms with Gasteiger partial charge in [-0.3, -0.25) is 14.6 Å². The summed E-state index contributed by atoms with van der Waals surface area (Å²) >= 11 is 0. The standard InChI is InChI=1S/C32H26F2N4O5/c1-3-29-37-30(43-38-29)22-15-21-24(16-26(22)41-2)35-11-8-25(21)42-31-23(34)12-19(17-36-31)14-28(40)32(9-10-32)27(39)13-18-4-6-20(33)7-5-18/h4-8,11-12,15-17H,3,9-10,13-14H2,1-2H3. The minimum absolute atomic E-state index is 0.0329. The van der Waals surface area contributed by atoms with Crippen molar-refractivity contribution >= 4 is 22.5 Å². The highest BCUT2D eigenvalue weighted by atomic mass is 19.1. The van der Waals surface area contributed by atoms with Crippen LogP contribution in [-0.4, -0.2) is 38.8 Å². The molecule has 3 heterocycles. The normalized spacial score (nSPS) is 13.6. The zero-order chi connectivity index (χ0) is 30.1. The molecule has 0 saturated heterocycles. The first-order valence-electron chi connectivity index (χ1n) is 13.7. The van der Waals surface area contributed by atoms with Gasteiger partial charge in [0.05, 0.1) is 23.6 Å². The van der Waals surface area contributed by atoms with Crippen LogP contribution in [0.2, 0.25) is 0 Å². The third kappa shape index (κ3) is 5.57. The topological polar surface area (TPSA) is 117 Å². The number of Topliss-reactive ketones (excluding diaryl/α,β-unsaturated/α-hetero) is 2. The highest BCUT2D eigenvalue weighted by Gasteiger charge is 2.54. The Morgan fingerprint density at radius 3 is 2.35 bits per heavy atom. The maximum Gasteiger partial charge on any atom is 0.261 e. The number of ether oxygens (including phenoxy) is 2. The van der Waals surface area contributed by atoms with Gasteiger partial charge in [0.1, 0.15) is 17.3 Å². The molecule has 9 nitrogen and oxygen atoms in total. The Kier molecular flexibility index (Phi) is 7.39. The molecular formula is C32H26F2N4O5. The maximum absolute atomic E-state index is 15.2. The quantitative estimate of drug-likeness (QED) is 0.172.